The first-order valence-electron chi connectivity index (χ1n) is 6.45. The van der Waals surface area contributed by atoms with E-state index >= 15 is 0 Å². The topological polar surface area (TPSA) is 47.6 Å². The van der Waals surface area contributed by atoms with Gasteiger partial charge in [-0.3, -0.25) is 4.79 Å². The van der Waals surface area contributed by atoms with Gasteiger partial charge >= 0.3 is 5.97 Å². The molecular weight excluding hydrogens is 218 g/mol. The Morgan fingerprint density at radius 1 is 1.35 bits per heavy atom. The molecule has 1 saturated heterocycles. The lowest BCUT2D eigenvalue weighted by molar-refractivity contribution is -0.146. The number of hydrogen-bond acceptors (Lipinski definition) is 4. The average Bonchev–Trinajstić information content (AvgIpc) is 2.30. The SMILES string of the molecule is COC(C)(C)CCOC(=O)CC1CCNCC1. The van der Waals surface area contributed by atoms with Crippen LogP contribution in [0.15, 0.2) is 0 Å². The van der Waals surface area contributed by atoms with Crippen molar-refractivity contribution >= 4 is 5.97 Å². The first-order chi connectivity index (χ1) is 8.03. The van der Waals surface area contributed by atoms with E-state index in [0.717, 1.165) is 32.4 Å². The predicted molar refractivity (Wildman–Crippen MR) is 66.9 cm³/mol. The van der Waals surface area contributed by atoms with Crippen molar-refractivity contribution in [3.05, 3.63) is 0 Å². The summed E-state index contributed by atoms with van der Waals surface area (Å²) in [6.07, 6.45) is 3.47. The molecule has 1 heterocycles. The molecule has 0 amide bonds. The molecule has 0 aromatic heterocycles. The van der Waals surface area contributed by atoms with E-state index < -0.39 is 0 Å². The average molecular weight is 243 g/mol. The van der Waals surface area contributed by atoms with E-state index in [-0.39, 0.29) is 11.6 Å². The quantitative estimate of drug-likeness (QED) is 0.722. The molecular formula is C13H25NO3. The number of methoxy groups -OCH3 is 1. The van der Waals surface area contributed by atoms with Crippen molar-refractivity contribution < 1.29 is 14.3 Å². The fraction of sp³-hybridized carbons (Fsp3) is 0.923. The van der Waals surface area contributed by atoms with Crippen LogP contribution in [0.25, 0.3) is 0 Å². The van der Waals surface area contributed by atoms with Crippen molar-refractivity contribution in [3.63, 3.8) is 0 Å². The van der Waals surface area contributed by atoms with Crippen LogP contribution in [-0.2, 0) is 14.3 Å². The summed E-state index contributed by atoms with van der Waals surface area (Å²) in [4.78, 5) is 11.6. The molecule has 0 spiro atoms. The second-order valence-electron chi connectivity index (χ2n) is 5.33. The van der Waals surface area contributed by atoms with E-state index in [4.69, 9.17) is 9.47 Å². The molecule has 0 aliphatic carbocycles. The third-order valence-electron chi connectivity index (χ3n) is 3.43. The predicted octanol–water partition coefficient (Wildman–Crippen LogP) is 1.73. The summed E-state index contributed by atoms with van der Waals surface area (Å²) in [5.74, 6) is 0.433. The molecule has 0 unspecified atom stereocenters. The Labute approximate surface area is 104 Å². The van der Waals surface area contributed by atoms with E-state index in [2.05, 4.69) is 5.32 Å². The van der Waals surface area contributed by atoms with E-state index in [9.17, 15) is 4.79 Å². The molecule has 4 nitrogen and oxygen atoms in total. The highest BCUT2D eigenvalue weighted by Crippen LogP contribution is 2.17. The molecule has 0 saturated carbocycles. The Balaban J connectivity index is 2.12. The summed E-state index contributed by atoms with van der Waals surface area (Å²) in [6, 6.07) is 0. The largest absolute Gasteiger partial charge is 0.466 e. The number of hydrogen-bond donors (Lipinski definition) is 1. The van der Waals surface area contributed by atoms with Gasteiger partial charge in [0.25, 0.3) is 0 Å². The van der Waals surface area contributed by atoms with Crippen LogP contribution in [0.5, 0.6) is 0 Å². The number of rotatable bonds is 6. The van der Waals surface area contributed by atoms with Gasteiger partial charge in [-0.1, -0.05) is 0 Å². The summed E-state index contributed by atoms with van der Waals surface area (Å²) in [5, 5.41) is 3.29. The molecule has 0 radical (unpaired) electrons. The summed E-state index contributed by atoms with van der Waals surface area (Å²) in [6.45, 7) is 6.48. The molecule has 0 atom stereocenters. The number of nitrogens with one attached hydrogen (secondary N) is 1. The van der Waals surface area contributed by atoms with Gasteiger partial charge in [0.15, 0.2) is 0 Å². The van der Waals surface area contributed by atoms with Gasteiger partial charge in [-0.25, -0.2) is 0 Å². The van der Waals surface area contributed by atoms with Crippen molar-refractivity contribution in [1.82, 2.24) is 5.32 Å². The summed E-state index contributed by atoms with van der Waals surface area (Å²) in [5.41, 5.74) is -0.213. The van der Waals surface area contributed by atoms with Gasteiger partial charge in [0.05, 0.1) is 12.2 Å². The van der Waals surface area contributed by atoms with Gasteiger partial charge in [-0.05, 0) is 45.7 Å². The zero-order chi connectivity index (χ0) is 12.7. The highest BCUT2D eigenvalue weighted by Gasteiger charge is 2.19. The van der Waals surface area contributed by atoms with Crippen LogP contribution in [0.4, 0.5) is 0 Å². The van der Waals surface area contributed by atoms with Crippen LogP contribution in [-0.4, -0.2) is 38.4 Å². The number of ether oxygens (including phenoxy) is 2. The molecule has 1 rings (SSSR count). The van der Waals surface area contributed by atoms with Crippen LogP contribution in [0.2, 0.25) is 0 Å². The van der Waals surface area contributed by atoms with Crippen molar-refractivity contribution in [2.24, 2.45) is 5.92 Å². The van der Waals surface area contributed by atoms with Crippen LogP contribution in [0.1, 0.15) is 39.5 Å². The Kier molecular flexibility index (Phi) is 5.92. The molecule has 4 heteroatoms. The number of piperidine rings is 1. The van der Waals surface area contributed by atoms with Crippen LogP contribution in [0.3, 0.4) is 0 Å². The lowest BCUT2D eigenvalue weighted by Crippen LogP contribution is -2.29. The minimum absolute atomic E-state index is 0.0659. The van der Waals surface area contributed by atoms with Gasteiger partial charge in [-0.15, -0.1) is 0 Å². The zero-order valence-corrected chi connectivity index (χ0v) is 11.3. The summed E-state index contributed by atoms with van der Waals surface area (Å²) in [7, 11) is 1.68. The Morgan fingerprint density at radius 2 is 2.00 bits per heavy atom. The van der Waals surface area contributed by atoms with Crippen LogP contribution < -0.4 is 5.32 Å². The van der Waals surface area contributed by atoms with Crippen LogP contribution in [0, 0.1) is 5.92 Å². The normalized spacial score (nSPS) is 18.1. The minimum Gasteiger partial charge on any atom is -0.466 e. The number of carbonyl (C=O) groups excluding carboxylic acids is 1. The lowest BCUT2D eigenvalue weighted by atomic mass is 9.95. The summed E-state index contributed by atoms with van der Waals surface area (Å²) < 4.78 is 10.5. The molecule has 17 heavy (non-hydrogen) atoms. The second-order valence-corrected chi connectivity index (χ2v) is 5.33. The smallest absolute Gasteiger partial charge is 0.306 e. The van der Waals surface area contributed by atoms with Gasteiger partial charge in [0, 0.05) is 20.0 Å². The van der Waals surface area contributed by atoms with Crippen molar-refractivity contribution in [1.29, 1.82) is 0 Å². The molecule has 0 aromatic rings. The van der Waals surface area contributed by atoms with Gasteiger partial charge in [0.2, 0.25) is 0 Å². The molecule has 1 aliphatic heterocycles. The minimum atomic E-state index is -0.213. The van der Waals surface area contributed by atoms with E-state index in [1.165, 1.54) is 0 Å². The first-order valence-corrected chi connectivity index (χ1v) is 6.45. The number of carbonyl (C=O) groups is 1. The Hall–Kier alpha value is -0.610. The standard InChI is InChI=1S/C13H25NO3/c1-13(2,16-3)6-9-17-12(15)10-11-4-7-14-8-5-11/h11,14H,4-10H2,1-3H3. The molecule has 1 N–H and O–H groups in total. The van der Waals surface area contributed by atoms with E-state index in [1.807, 2.05) is 13.8 Å². The fourth-order valence-corrected chi connectivity index (χ4v) is 1.89. The summed E-state index contributed by atoms with van der Waals surface area (Å²) >= 11 is 0. The Bertz CT molecular complexity index is 235. The third-order valence-corrected chi connectivity index (χ3v) is 3.43. The molecule has 0 bridgehead atoms. The van der Waals surface area contributed by atoms with Crippen molar-refractivity contribution in [2.45, 2.75) is 45.1 Å². The van der Waals surface area contributed by atoms with Gasteiger partial charge in [-0.2, -0.15) is 0 Å². The zero-order valence-electron chi connectivity index (χ0n) is 11.3. The van der Waals surface area contributed by atoms with E-state index in [0.29, 0.717) is 18.9 Å². The molecule has 1 aliphatic rings. The third kappa shape index (κ3) is 6.03. The van der Waals surface area contributed by atoms with Crippen molar-refractivity contribution in [2.75, 3.05) is 26.8 Å². The molecule has 1 fully saturated rings. The maximum absolute atomic E-state index is 11.6. The highest BCUT2D eigenvalue weighted by atomic mass is 16.5. The van der Waals surface area contributed by atoms with E-state index in [1.54, 1.807) is 7.11 Å². The Morgan fingerprint density at radius 3 is 2.59 bits per heavy atom. The van der Waals surface area contributed by atoms with Gasteiger partial charge in [0.1, 0.15) is 0 Å². The van der Waals surface area contributed by atoms with Crippen LogP contribution >= 0.6 is 0 Å². The fourth-order valence-electron chi connectivity index (χ4n) is 1.89. The van der Waals surface area contributed by atoms with Gasteiger partial charge < -0.3 is 14.8 Å². The second kappa shape index (κ2) is 6.97. The van der Waals surface area contributed by atoms with Crippen molar-refractivity contribution in [3.8, 4) is 0 Å². The molecule has 100 valence electrons. The highest BCUT2D eigenvalue weighted by molar-refractivity contribution is 5.69. The molecule has 0 aromatic carbocycles. The maximum atomic E-state index is 11.6. The number of esters is 1. The first kappa shape index (κ1) is 14.5. The lowest BCUT2D eigenvalue weighted by Gasteiger charge is -2.23. The monoisotopic (exact) mass is 243 g/mol. The maximum Gasteiger partial charge on any atom is 0.306 e.